The summed E-state index contributed by atoms with van der Waals surface area (Å²) in [5.74, 6) is 0.157. The highest BCUT2D eigenvalue weighted by molar-refractivity contribution is 5.99. The first-order valence-corrected chi connectivity index (χ1v) is 7.49. The van der Waals surface area contributed by atoms with Gasteiger partial charge in [0.25, 0.3) is 5.91 Å². The Morgan fingerprint density at radius 2 is 2.25 bits per heavy atom. The van der Waals surface area contributed by atoms with Crippen LogP contribution in [0.4, 0.5) is 10.1 Å². The molecule has 1 unspecified atom stereocenters. The highest BCUT2D eigenvalue weighted by Crippen LogP contribution is 2.25. The van der Waals surface area contributed by atoms with Crippen LogP contribution in [0.2, 0.25) is 0 Å². The fourth-order valence-corrected chi connectivity index (χ4v) is 2.81. The Kier molecular flexibility index (Phi) is 4.99. The van der Waals surface area contributed by atoms with E-state index >= 15 is 0 Å². The highest BCUT2D eigenvalue weighted by Gasteiger charge is 2.25. The number of hydrogen-bond acceptors (Lipinski definition) is 2. The minimum atomic E-state index is -0.359. The number of benzene rings is 1. The molecule has 110 valence electrons. The van der Waals surface area contributed by atoms with Crippen LogP contribution in [-0.4, -0.2) is 30.4 Å². The van der Waals surface area contributed by atoms with E-state index in [1.165, 1.54) is 12.5 Å². The molecule has 0 spiro atoms. The number of nitrogens with zero attached hydrogens (tertiary/aromatic N) is 1. The lowest BCUT2D eigenvalue weighted by atomic mass is 9.95. The first-order valence-electron chi connectivity index (χ1n) is 7.49. The minimum Gasteiger partial charge on any atom is -0.382 e. The van der Waals surface area contributed by atoms with Gasteiger partial charge in [0.05, 0.1) is 11.3 Å². The average molecular weight is 278 g/mol. The van der Waals surface area contributed by atoms with Crippen LogP contribution in [0.3, 0.4) is 0 Å². The van der Waals surface area contributed by atoms with E-state index in [1.54, 1.807) is 12.1 Å². The molecule has 1 saturated heterocycles. The number of para-hydroxylation sites is 1. The first kappa shape index (κ1) is 14.8. The molecule has 0 radical (unpaired) electrons. The van der Waals surface area contributed by atoms with E-state index in [0.717, 1.165) is 25.9 Å². The molecule has 0 bridgehead atoms. The van der Waals surface area contributed by atoms with Crippen molar-refractivity contribution in [1.29, 1.82) is 0 Å². The monoisotopic (exact) mass is 278 g/mol. The van der Waals surface area contributed by atoms with Crippen LogP contribution in [0.15, 0.2) is 18.2 Å². The van der Waals surface area contributed by atoms with Crippen molar-refractivity contribution < 1.29 is 9.18 Å². The zero-order valence-corrected chi connectivity index (χ0v) is 12.3. The van der Waals surface area contributed by atoms with Crippen molar-refractivity contribution in [3.8, 4) is 0 Å². The number of hydrogen-bond donors (Lipinski definition) is 1. The van der Waals surface area contributed by atoms with Crippen LogP contribution in [0.1, 0.15) is 43.5 Å². The van der Waals surface area contributed by atoms with Crippen molar-refractivity contribution in [3.05, 3.63) is 29.6 Å². The van der Waals surface area contributed by atoms with Crippen molar-refractivity contribution in [2.45, 2.75) is 33.1 Å². The van der Waals surface area contributed by atoms with E-state index in [0.29, 0.717) is 23.7 Å². The quantitative estimate of drug-likeness (QED) is 0.914. The van der Waals surface area contributed by atoms with Gasteiger partial charge in [-0.3, -0.25) is 4.79 Å². The summed E-state index contributed by atoms with van der Waals surface area (Å²) in [7, 11) is 0. The second-order valence-electron chi connectivity index (χ2n) is 5.36. The topological polar surface area (TPSA) is 32.3 Å². The molecule has 1 amide bonds. The van der Waals surface area contributed by atoms with Crippen LogP contribution in [-0.2, 0) is 0 Å². The van der Waals surface area contributed by atoms with Crippen molar-refractivity contribution in [3.63, 3.8) is 0 Å². The minimum absolute atomic E-state index is 0.0569. The molecule has 3 nitrogen and oxygen atoms in total. The summed E-state index contributed by atoms with van der Waals surface area (Å²) in [6, 6.07) is 4.70. The molecular formula is C16H23FN2O. The molecule has 0 aliphatic carbocycles. The Balaban J connectivity index is 2.22. The van der Waals surface area contributed by atoms with Crippen molar-refractivity contribution in [2.75, 3.05) is 25.0 Å². The Morgan fingerprint density at radius 3 is 2.95 bits per heavy atom. The SMILES string of the molecule is CCNc1c(F)cccc1C(=O)N1CCCC(CC)C1. The van der Waals surface area contributed by atoms with Gasteiger partial charge in [0.15, 0.2) is 0 Å². The number of amides is 1. The third-order valence-electron chi connectivity index (χ3n) is 3.98. The van der Waals surface area contributed by atoms with E-state index in [-0.39, 0.29) is 11.7 Å². The molecule has 1 aromatic rings. The van der Waals surface area contributed by atoms with Gasteiger partial charge in [0.2, 0.25) is 0 Å². The van der Waals surface area contributed by atoms with Crippen LogP contribution in [0.5, 0.6) is 0 Å². The van der Waals surface area contributed by atoms with Gasteiger partial charge in [-0.05, 0) is 37.8 Å². The van der Waals surface area contributed by atoms with E-state index in [1.807, 2.05) is 11.8 Å². The lowest BCUT2D eigenvalue weighted by Crippen LogP contribution is -2.40. The third-order valence-corrected chi connectivity index (χ3v) is 3.98. The predicted octanol–water partition coefficient (Wildman–Crippen LogP) is 3.52. The molecule has 1 N–H and O–H groups in total. The van der Waals surface area contributed by atoms with Gasteiger partial charge in [-0.1, -0.05) is 19.4 Å². The van der Waals surface area contributed by atoms with Crippen molar-refractivity contribution in [1.82, 2.24) is 4.90 Å². The number of likely N-dealkylation sites (tertiary alicyclic amines) is 1. The molecule has 1 aromatic carbocycles. The molecule has 20 heavy (non-hydrogen) atoms. The summed E-state index contributed by atoms with van der Waals surface area (Å²) in [5.41, 5.74) is 0.780. The molecule has 1 aliphatic heterocycles. The smallest absolute Gasteiger partial charge is 0.256 e. The number of piperidine rings is 1. The van der Waals surface area contributed by atoms with Gasteiger partial charge < -0.3 is 10.2 Å². The molecule has 0 aromatic heterocycles. The predicted molar refractivity (Wildman–Crippen MR) is 79.5 cm³/mol. The largest absolute Gasteiger partial charge is 0.382 e. The zero-order chi connectivity index (χ0) is 14.5. The van der Waals surface area contributed by atoms with Gasteiger partial charge in [-0.25, -0.2) is 4.39 Å². The Bertz CT molecular complexity index is 476. The first-order chi connectivity index (χ1) is 9.67. The lowest BCUT2D eigenvalue weighted by molar-refractivity contribution is 0.0672. The van der Waals surface area contributed by atoms with Crippen molar-refractivity contribution in [2.24, 2.45) is 5.92 Å². The second kappa shape index (κ2) is 6.73. The number of halogens is 1. The average Bonchev–Trinajstić information content (AvgIpc) is 2.49. The van der Waals surface area contributed by atoms with Crippen LogP contribution >= 0.6 is 0 Å². The number of carbonyl (C=O) groups excluding carboxylic acids is 1. The van der Waals surface area contributed by atoms with Gasteiger partial charge in [0, 0.05) is 19.6 Å². The van der Waals surface area contributed by atoms with E-state index in [4.69, 9.17) is 0 Å². The Morgan fingerprint density at radius 1 is 1.45 bits per heavy atom. The maximum absolute atomic E-state index is 13.9. The van der Waals surface area contributed by atoms with Crippen LogP contribution in [0.25, 0.3) is 0 Å². The number of nitrogens with one attached hydrogen (secondary N) is 1. The molecule has 1 fully saturated rings. The molecular weight excluding hydrogens is 255 g/mol. The molecule has 2 rings (SSSR count). The summed E-state index contributed by atoms with van der Waals surface area (Å²) in [6.45, 7) is 6.22. The number of rotatable bonds is 4. The van der Waals surface area contributed by atoms with Gasteiger partial charge in [0.1, 0.15) is 5.82 Å². The summed E-state index contributed by atoms with van der Waals surface area (Å²) < 4.78 is 13.9. The molecule has 1 aliphatic rings. The van der Waals surface area contributed by atoms with Crippen LogP contribution < -0.4 is 5.32 Å². The van der Waals surface area contributed by atoms with Crippen molar-refractivity contribution >= 4 is 11.6 Å². The lowest BCUT2D eigenvalue weighted by Gasteiger charge is -2.32. The fraction of sp³-hybridized carbons (Fsp3) is 0.562. The maximum Gasteiger partial charge on any atom is 0.256 e. The summed E-state index contributed by atoms with van der Waals surface area (Å²) in [5, 5.41) is 2.97. The second-order valence-corrected chi connectivity index (χ2v) is 5.36. The maximum atomic E-state index is 13.9. The fourth-order valence-electron chi connectivity index (χ4n) is 2.81. The molecule has 1 atom stereocenters. The molecule has 0 saturated carbocycles. The normalized spacial score (nSPS) is 18.9. The highest BCUT2D eigenvalue weighted by atomic mass is 19.1. The van der Waals surface area contributed by atoms with E-state index in [2.05, 4.69) is 12.2 Å². The number of anilines is 1. The van der Waals surface area contributed by atoms with Crippen LogP contribution in [0, 0.1) is 11.7 Å². The zero-order valence-electron chi connectivity index (χ0n) is 12.3. The summed E-state index contributed by atoms with van der Waals surface area (Å²) in [4.78, 5) is 14.5. The van der Waals surface area contributed by atoms with E-state index in [9.17, 15) is 9.18 Å². The van der Waals surface area contributed by atoms with E-state index < -0.39 is 0 Å². The van der Waals surface area contributed by atoms with Gasteiger partial charge in [-0.15, -0.1) is 0 Å². The number of carbonyl (C=O) groups is 1. The van der Waals surface area contributed by atoms with Gasteiger partial charge >= 0.3 is 0 Å². The summed E-state index contributed by atoms with van der Waals surface area (Å²) >= 11 is 0. The van der Waals surface area contributed by atoms with Gasteiger partial charge in [-0.2, -0.15) is 0 Å². The standard InChI is InChI=1S/C16H23FN2O/c1-3-12-7-6-10-19(11-12)16(20)13-8-5-9-14(17)15(13)18-4-2/h5,8-9,12,18H,3-4,6-7,10-11H2,1-2H3. The molecule has 1 heterocycles. The Labute approximate surface area is 120 Å². The summed E-state index contributed by atoms with van der Waals surface area (Å²) in [6.07, 6.45) is 3.31. The third kappa shape index (κ3) is 3.11. The Hall–Kier alpha value is -1.58. The molecule has 4 heteroatoms.